The van der Waals surface area contributed by atoms with Gasteiger partial charge in [0, 0.05) is 37.8 Å². The van der Waals surface area contributed by atoms with Crippen molar-refractivity contribution in [2.75, 3.05) is 19.6 Å². The highest BCUT2D eigenvalue weighted by Gasteiger charge is 2.30. The van der Waals surface area contributed by atoms with Gasteiger partial charge in [0.25, 0.3) is 5.91 Å². The average Bonchev–Trinajstić information content (AvgIpc) is 2.73. The Balaban J connectivity index is 1.58. The second kappa shape index (κ2) is 9.41. The van der Waals surface area contributed by atoms with Crippen molar-refractivity contribution in [1.29, 1.82) is 0 Å². The van der Waals surface area contributed by atoms with Gasteiger partial charge in [0.15, 0.2) is 0 Å². The maximum Gasteiger partial charge on any atom is 0.416 e. The van der Waals surface area contributed by atoms with E-state index in [2.05, 4.69) is 5.32 Å². The van der Waals surface area contributed by atoms with Gasteiger partial charge >= 0.3 is 12.2 Å². The molecule has 1 aliphatic heterocycles. The number of halogens is 3. The summed E-state index contributed by atoms with van der Waals surface area (Å²) in [6.07, 6.45) is -3.66. The summed E-state index contributed by atoms with van der Waals surface area (Å²) in [5, 5.41) is 2.79. The van der Waals surface area contributed by atoms with Gasteiger partial charge in [0.2, 0.25) is 0 Å². The van der Waals surface area contributed by atoms with Crippen LogP contribution in [0, 0.1) is 0 Å². The molecule has 0 aromatic heterocycles. The fourth-order valence-electron chi connectivity index (χ4n) is 3.62. The molecule has 0 fully saturated rings. The summed E-state index contributed by atoms with van der Waals surface area (Å²) in [7, 11) is 0. The number of hydrogen-bond acceptors (Lipinski definition) is 2. The molecule has 8 heteroatoms. The molecule has 0 bridgehead atoms. The Morgan fingerprint density at radius 3 is 2.61 bits per heavy atom. The minimum Gasteiger partial charge on any atom is -0.337 e. The number of nitrogens with one attached hydrogen (secondary N) is 1. The molecule has 0 atom stereocenters. The van der Waals surface area contributed by atoms with Crippen LogP contribution < -0.4 is 5.32 Å². The van der Waals surface area contributed by atoms with Crippen molar-refractivity contribution in [3.8, 4) is 0 Å². The van der Waals surface area contributed by atoms with Gasteiger partial charge in [0.05, 0.1) is 5.56 Å². The normalized spacial score (nSPS) is 13.9. The largest absolute Gasteiger partial charge is 0.416 e. The molecule has 5 nitrogen and oxygen atoms in total. The van der Waals surface area contributed by atoms with Crippen LogP contribution in [0.4, 0.5) is 18.0 Å². The molecule has 1 heterocycles. The second-order valence-electron chi connectivity index (χ2n) is 7.85. The minimum atomic E-state index is -4.43. The first kappa shape index (κ1) is 22.7. The number of alkyl halides is 3. The number of urea groups is 1. The fraction of sp³-hybridized carbons (Fsp3) is 0.391. The lowest BCUT2D eigenvalue weighted by molar-refractivity contribution is -0.137. The van der Waals surface area contributed by atoms with Crippen LogP contribution in [0.1, 0.15) is 40.9 Å². The number of rotatable bonds is 6. The molecule has 3 amide bonds. The van der Waals surface area contributed by atoms with Gasteiger partial charge in [-0.15, -0.1) is 0 Å². The van der Waals surface area contributed by atoms with Gasteiger partial charge in [-0.2, -0.15) is 13.2 Å². The van der Waals surface area contributed by atoms with E-state index in [1.165, 1.54) is 11.0 Å². The summed E-state index contributed by atoms with van der Waals surface area (Å²) in [6.45, 7) is 4.89. The van der Waals surface area contributed by atoms with Crippen LogP contribution in [0.3, 0.4) is 0 Å². The molecule has 166 valence electrons. The third kappa shape index (κ3) is 5.57. The summed E-state index contributed by atoms with van der Waals surface area (Å²) in [5.41, 5.74) is 1.38. The summed E-state index contributed by atoms with van der Waals surface area (Å²) >= 11 is 0. The van der Waals surface area contributed by atoms with Gasteiger partial charge in [0.1, 0.15) is 0 Å². The van der Waals surface area contributed by atoms with E-state index in [0.717, 1.165) is 24.1 Å². The molecule has 3 rings (SSSR count). The van der Waals surface area contributed by atoms with Gasteiger partial charge in [-0.3, -0.25) is 4.79 Å². The van der Waals surface area contributed by atoms with Crippen LogP contribution in [0.25, 0.3) is 0 Å². The number of hydrogen-bond donors (Lipinski definition) is 1. The molecule has 0 saturated heterocycles. The van der Waals surface area contributed by atoms with E-state index in [4.69, 9.17) is 0 Å². The maximum atomic E-state index is 13.0. The van der Waals surface area contributed by atoms with E-state index in [1.54, 1.807) is 30.9 Å². The van der Waals surface area contributed by atoms with Crippen LogP contribution in [0.2, 0.25) is 0 Å². The maximum absolute atomic E-state index is 13.0. The second-order valence-corrected chi connectivity index (χ2v) is 7.85. The molecule has 0 saturated carbocycles. The number of amides is 3. The zero-order valence-electron chi connectivity index (χ0n) is 17.6. The van der Waals surface area contributed by atoms with Crippen molar-refractivity contribution < 1.29 is 22.8 Å². The number of nitrogens with zero attached hydrogens (tertiary/aromatic N) is 2. The SMILES string of the molecule is CC(C)N(Cc1cccc(C(F)(F)F)c1)C(=O)NCCN1CCc2ccccc2C1=O. The Bertz CT molecular complexity index is 944. The Kier molecular flexibility index (Phi) is 6.87. The van der Waals surface area contributed by atoms with E-state index < -0.39 is 11.7 Å². The topological polar surface area (TPSA) is 52.7 Å². The third-order valence-corrected chi connectivity index (χ3v) is 5.34. The van der Waals surface area contributed by atoms with Crippen LogP contribution in [-0.4, -0.2) is 47.4 Å². The van der Waals surface area contributed by atoms with E-state index in [9.17, 15) is 22.8 Å². The van der Waals surface area contributed by atoms with Crippen molar-refractivity contribution in [1.82, 2.24) is 15.1 Å². The number of benzene rings is 2. The Labute approximate surface area is 179 Å². The number of fused-ring (bicyclic) bond motifs is 1. The lowest BCUT2D eigenvalue weighted by atomic mass is 9.99. The van der Waals surface area contributed by atoms with Gasteiger partial charge in [-0.25, -0.2) is 4.79 Å². The molecule has 1 aliphatic rings. The molecule has 1 N–H and O–H groups in total. The van der Waals surface area contributed by atoms with Gasteiger partial charge < -0.3 is 15.1 Å². The highest BCUT2D eigenvalue weighted by molar-refractivity contribution is 5.96. The zero-order chi connectivity index (χ0) is 22.6. The first-order chi connectivity index (χ1) is 14.7. The van der Waals surface area contributed by atoms with Crippen molar-refractivity contribution in [2.45, 2.75) is 39.0 Å². The van der Waals surface area contributed by atoms with Gasteiger partial charge in [-0.05, 0) is 49.6 Å². The van der Waals surface area contributed by atoms with Crippen molar-refractivity contribution >= 4 is 11.9 Å². The fourth-order valence-corrected chi connectivity index (χ4v) is 3.62. The lowest BCUT2D eigenvalue weighted by Gasteiger charge is -2.30. The van der Waals surface area contributed by atoms with Crippen LogP contribution >= 0.6 is 0 Å². The number of carbonyl (C=O) groups excluding carboxylic acids is 2. The van der Waals surface area contributed by atoms with Crippen molar-refractivity contribution in [2.24, 2.45) is 0 Å². The Morgan fingerprint density at radius 1 is 1.16 bits per heavy atom. The average molecular weight is 433 g/mol. The first-order valence-corrected chi connectivity index (χ1v) is 10.2. The number of carbonyl (C=O) groups is 2. The molecule has 2 aromatic rings. The van der Waals surface area contributed by atoms with E-state index in [-0.39, 0.29) is 31.1 Å². The predicted octanol–water partition coefficient (Wildman–Crippen LogP) is 4.32. The van der Waals surface area contributed by atoms with Crippen LogP contribution in [-0.2, 0) is 19.1 Å². The zero-order valence-corrected chi connectivity index (χ0v) is 17.6. The van der Waals surface area contributed by atoms with E-state index in [1.807, 2.05) is 18.2 Å². The van der Waals surface area contributed by atoms with Crippen LogP contribution in [0.5, 0.6) is 0 Å². The molecule has 0 radical (unpaired) electrons. The Morgan fingerprint density at radius 2 is 1.90 bits per heavy atom. The van der Waals surface area contributed by atoms with E-state index >= 15 is 0 Å². The minimum absolute atomic E-state index is 0.0548. The summed E-state index contributed by atoms with van der Waals surface area (Å²) in [4.78, 5) is 28.5. The monoisotopic (exact) mass is 433 g/mol. The summed E-state index contributed by atoms with van der Waals surface area (Å²) < 4.78 is 38.9. The molecule has 0 aliphatic carbocycles. The summed E-state index contributed by atoms with van der Waals surface area (Å²) in [6, 6.07) is 11.9. The Hall–Kier alpha value is -3.03. The predicted molar refractivity (Wildman–Crippen MR) is 112 cm³/mol. The van der Waals surface area contributed by atoms with Gasteiger partial charge in [-0.1, -0.05) is 30.3 Å². The molecule has 2 aromatic carbocycles. The lowest BCUT2D eigenvalue weighted by Crippen LogP contribution is -2.47. The molecular weight excluding hydrogens is 407 g/mol. The highest BCUT2D eigenvalue weighted by atomic mass is 19.4. The third-order valence-electron chi connectivity index (χ3n) is 5.34. The smallest absolute Gasteiger partial charge is 0.337 e. The van der Waals surface area contributed by atoms with E-state index in [0.29, 0.717) is 24.2 Å². The summed E-state index contributed by atoms with van der Waals surface area (Å²) in [5.74, 6) is -0.0548. The molecular formula is C23H26F3N3O2. The van der Waals surface area contributed by atoms with Crippen molar-refractivity contribution in [3.63, 3.8) is 0 Å². The molecule has 31 heavy (non-hydrogen) atoms. The van der Waals surface area contributed by atoms with Crippen LogP contribution in [0.15, 0.2) is 48.5 Å². The molecule has 0 unspecified atom stereocenters. The quantitative estimate of drug-likeness (QED) is 0.738. The standard InChI is InChI=1S/C23H26F3N3O2/c1-16(2)29(15-17-6-5-8-19(14-17)23(24,25)26)22(31)27-11-13-28-12-10-18-7-3-4-9-20(18)21(28)30/h3-9,14,16H,10-13,15H2,1-2H3,(H,27,31). The van der Waals surface area contributed by atoms with Crippen molar-refractivity contribution in [3.05, 3.63) is 70.8 Å². The highest BCUT2D eigenvalue weighted by Crippen LogP contribution is 2.30. The molecule has 0 spiro atoms. The first-order valence-electron chi connectivity index (χ1n) is 10.2.